The standard InChI is InChI=1S/C16H12O3S2/c1-21(18,19)12-6-4-5-11(9-12)16(17)14-10-20-15-8-3-2-7-13(14)15/h2-10H,1H3. The molecule has 0 unspecified atom stereocenters. The van der Waals surface area contributed by atoms with Gasteiger partial charge in [0.15, 0.2) is 15.6 Å². The Bertz CT molecular complexity index is 937. The summed E-state index contributed by atoms with van der Waals surface area (Å²) < 4.78 is 24.2. The molecule has 21 heavy (non-hydrogen) atoms. The maximum absolute atomic E-state index is 12.6. The molecule has 0 N–H and O–H groups in total. The fourth-order valence-corrected chi connectivity index (χ4v) is 3.78. The maximum atomic E-state index is 12.6. The average molecular weight is 316 g/mol. The first-order valence-electron chi connectivity index (χ1n) is 6.28. The summed E-state index contributed by atoms with van der Waals surface area (Å²) >= 11 is 1.51. The van der Waals surface area contributed by atoms with Crippen LogP contribution >= 0.6 is 11.3 Å². The van der Waals surface area contributed by atoms with Crippen LogP contribution in [-0.2, 0) is 9.84 Å². The molecule has 1 aromatic heterocycles. The first-order chi connectivity index (χ1) is 9.97. The van der Waals surface area contributed by atoms with E-state index in [2.05, 4.69) is 0 Å². The molecule has 2 aromatic carbocycles. The van der Waals surface area contributed by atoms with Crippen LogP contribution in [0.5, 0.6) is 0 Å². The summed E-state index contributed by atoms with van der Waals surface area (Å²) in [4.78, 5) is 12.8. The van der Waals surface area contributed by atoms with Crippen LogP contribution in [0, 0.1) is 0 Å². The van der Waals surface area contributed by atoms with Gasteiger partial charge in [0.1, 0.15) is 0 Å². The van der Waals surface area contributed by atoms with Gasteiger partial charge in [0.25, 0.3) is 0 Å². The van der Waals surface area contributed by atoms with Gasteiger partial charge in [0, 0.05) is 32.8 Å². The summed E-state index contributed by atoms with van der Waals surface area (Å²) in [5.74, 6) is -0.155. The van der Waals surface area contributed by atoms with Crippen LogP contribution in [0.25, 0.3) is 10.1 Å². The van der Waals surface area contributed by atoms with Crippen LogP contribution in [0.3, 0.4) is 0 Å². The third-order valence-electron chi connectivity index (χ3n) is 3.25. The Morgan fingerprint density at radius 2 is 1.81 bits per heavy atom. The summed E-state index contributed by atoms with van der Waals surface area (Å²) in [5.41, 5.74) is 1.00. The van der Waals surface area contributed by atoms with E-state index in [9.17, 15) is 13.2 Å². The molecule has 0 aliphatic rings. The zero-order valence-corrected chi connectivity index (χ0v) is 12.9. The minimum atomic E-state index is -3.32. The molecule has 0 fully saturated rings. The SMILES string of the molecule is CS(=O)(=O)c1cccc(C(=O)c2csc3ccccc23)c1. The number of ketones is 1. The van der Waals surface area contributed by atoms with E-state index in [1.54, 1.807) is 12.1 Å². The van der Waals surface area contributed by atoms with Crippen molar-refractivity contribution in [3.63, 3.8) is 0 Å². The Morgan fingerprint density at radius 3 is 2.57 bits per heavy atom. The monoisotopic (exact) mass is 316 g/mol. The number of thiophene rings is 1. The van der Waals surface area contributed by atoms with Gasteiger partial charge >= 0.3 is 0 Å². The van der Waals surface area contributed by atoms with Crippen molar-refractivity contribution in [3.8, 4) is 0 Å². The van der Waals surface area contributed by atoms with Crippen molar-refractivity contribution < 1.29 is 13.2 Å². The van der Waals surface area contributed by atoms with Gasteiger partial charge in [-0.1, -0.05) is 30.3 Å². The van der Waals surface area contributed by atoms with Crippen molar-refractivity contribution in [2.75, 3.05) is 6.26 Å². The molecule has 0 saturated carbocycles. The highest BCUT2D eigenvalue weighted by Gasteiger charge is 2.16. The Morgan fingerprint density at radius 1 is 1.05 bits per heavy atom. The lowest BCUT2D eigenvalue weighted by molar-refractivity contribution is 0.104. The molecule has 3 nitrogen and oxygen atoms in total. The summed E-state index contributed by atoms with van der Waals surface area (Å²) in [6, 6.07) is 13.9. The van der Waals surface area contributed by atoms with E-state index in [1.807, 2.05) is 29.6 Å². The van der Waals surface area contributed by atoms with Crippen LogP contribution in [0.15, 0.2) is 58.8 Å². The lowest BCUT2D eigenvalue weighted by Crippen LogP contribution is -2.03. The van der Waals surface area contributed by atoms with E-state index in [-0.39, 0.29) is 10.7 Å². The number of fused-ring (bicyclic) bond motifs is 1. The second kappa shape index (κ2) is 5.09. The molecule has 3 rings (SSSR count). The first-order valence-corrected chi connectivity index (χ1v) is 9.05. The van der Waals surface area contributed by atoms with Gasteiger partial charge in [-0.2, -0.15) is 0 Å². The van der Waals surface area contributed by atoms with Crippen LogP contribution in [0.4, 0.5) is 0 Å². The van der Waals surface area contributed by atoms with E-state index in [0.717, 1.165) is 16.3 Å². The van der Waals surface area contributed by atoms with E-state index in [1.165, 1.54) is 23.5 Å². The normalized spacial score (nSPS) is 11.7. The molecule has 0 atom stereocenters. The van der Waals surface area contributed by atoms with Gasteiger partial charge in [-0.15, -0.1) is 11.3 Å². The lowest BCUT2D eigenvalue weighted by Gasteiger charge is -2.03. The molecule has 3 aromatic rings. The van der Waals surface area contributed by atoms with E-state index in [0.29, 0.717) is 11.1 Å². The highest BCUT2D eigenvalue weighted by Crippen LogP contribution is 2.28. The quantitative estimate of drug-likeness (QED) is 0.695. The van der Waals surface area contributed by atoms with Crippen molar-refractivity contribution in [1.29, 1.82) is 0 Å². The number of hydrogen-bond donors (Lipinski definition) is 0. The Kier molecular flexibility index (Phi) is 3.39. The topological polar surface area (TPSA) is 51.2 Å². The highest BCUT2D eigenvalue weighted by molar-refractivity contribution is 7.90. The number of hydrogen-bond acceptors (Lipinski definition) is 4. The number of rotatable bonds is 3. The summed E-state index contributed by atoms with van der Waals surface area (Å²) in [6.45, 7) is 0. The van der Waals surface area contributed by atoms with Crippen LogP contribution in [0.1, 0.15) is 15.9 Å². The third-order valence-corrected chi connectivity index (χ3v) is 5.32. The maximum Gasteiger partial charge on any atom is 0.194 e. The minimum absolute atomic E-state index is 0.155. The number of carbonyl (C=O) groups is 1. The third kappa shape index (κ3) is 2.62. The van der Waals surface area contributed by atoms with E-state index < -0.39 is 9.84 Å². The Labute approximate surface area is 126 Å². The van der Waals surface area contributed by atoms with Crippen molar-refractivity contribution in [3.05, 3.63) is 65.0 Å². The van der Waals surface area contributed by atoms with Gasteiger partial charge in [-0.05, 0) is 18.2 Å². The second-order valence-electron chi connectivity index (χ2n) is 4.77. The van der Waals surface area contributed by atoms with Gasteiger partial charge in [-0.3, -0.25) is 4.79 Å². The molecule has 0 bridgehead atoms. The van der Waals surface area contributed by atoms with Crippen molar-refractivity contribution in [1.82, 2.24) is 0 Å². The molecular weight excluding hydrogens is 304 g/mol. The number of sulfone groups is 1. The minimum Gasteiger partial charge on any atom is -0.289 e. The highest BCUT2D eigenvalue weighted by atomic mass is 32.2. The predicted octanol–water partition coefficient (Wildman–Crippen LogP) is 3.54. The molecule has 0 spiro atoms. The number of carbonyl (C=O) groups excluding carboxylic acids is 1. The van der Waals surface area contributed by atoms with E-state index >= 15 is 0 Å². The Hall–Kier alpha value is -1.98. The first kappa shape index (κ1) is 14.0. The molecule has 0 radical (unpaired) electrons. The zero-order chi connectivity index (χ0) is 15.0. The summed E-state index contributed by atoms with van der Waals surface area (Å²) in [5, 5.41) is 2.72. The van der Waals surface area contributed by atoms with Crippen LogP contribution in [0.2, 0.25) is 0 Å². The molecule has 0 aliphatic heterocycles. The summed E-state index contributed by atoms with van der Waals surface area (Å²) in [6.07, 6.45) is 1.14. The zero-order valence-electron chi connectivity index (χ0n) is 11.2. The van der Waals surface area contributed by atoms with Crippen LogP contribution in [-0.4, -0.2) is 20.5 Å². The molecule has 0 aliphatic carbocycles. The van der Waals surface area contributed by atoms with Crippen molar-refractivity contribution in [2.24, 2.45) is 0 Å². The average Bonchev–Trinajstić information content (AvgIpc) is 2.90. The second-order valence-corrected chi connectivity index (χ2v) is 7.70. The summed E-state index contributed by atoms with van der Waals surface area (Å²) in [7, 11) is -3.32. The van der Waals surface area contributed by atoms with Gasteiger partial charge in [0.2, 0.25) is 0 Å². The molecule has 5 heteroatoms. The lowest BCUT2D eigenvalue weighted by atomic mass is 10.0. The van der Waals surface area contributed by atoms with Gasteiger partial charge < -0.3 is 0 Å². The Balaban J connectivity index is 2.11. The molecule has 1 heterocycles. The number of benzene rings is 2. The molecule has 0 amide bonds. The van der Waals surface area contributed by atoms with Crippen molar-refractivity contribution >= 4 is 37.0 Å². The van der Waals surface area contributed by atoms with Crippen molar-refractivity contribution in [2.45, 2.75) is 4.90 Å². The van der Waals surface area contributed by atoms with E-state index in [4.69, 9.17) is 0 Å². The molecular formula is C16H12O3S2. The largest absolute Gasteiger partial charge is 0.289 e. The fourth-order valence-electron chi connectivity index (χ4n) is 2.18. The predicted molar refractivity (Wildman–Crippen MR) is 84.8 cm³/mol. The fraction of sp³-hybridized carbons (Fsp3) is 0.0625. The van der Waals surface area contributed by atoms with Gasteiger partial charge in [0.05, 0.1) is 4.90 Å². The smallest absolute Gasteiger partial charge is 0.194 e. The molecule has 106 valence electrons. The van der Waals surface area contributed by atoms with Crippen LogP contribution < -0.4 is 0 Å². The molecule has 0 saturated heterocycles. The van der Waals surface area contributed by atoms with Gasteiger partial charge in [-0.25, -0.2) is 8.42 Å².